The van der Waals surface area contributed by atoms with E-state index in [-0.39, 0.29) is 4.05 Å². The molecular formula is C5H10INO3Si. The van der Waals surface area contributed by atoms with Crippen LogP contribution in [-0.4, -0.2) is 33.6 Å². The van der Waals surface area contributed by atoms with Crippen LogP contribution in [0.1, 0.15) is 0 Å². The first-order valence-corrected chi connectivity index (χ1v) is 6.01. The first-order valence-electron chi connectivity index (χ1n) is 3.01. The topological polar surface area (TPSA) is 47.9 Å². The Labute approximate surface area is 81.0 Å². The Morgan fingerprint density at radius 2 is 2.18 bits per heavy atom. The average Bonchev–Trinajstić information content (AvgIpc) is 2.01. The number of nitrogens with zero attached hydrogens (tertiary/aromatic N) is 1. The zero-order valence-corrected chi connectivity index (χ0v) is 9.72. The largest absolute Gasteiger partial charge is 0.400 e. The normalized spacial score (nSPS) is 12.7. The van der Waals surface area contributed by atoms with Gasteiger partial charge in [0.1, 0.15) is 4.05 Å². The monoisotopic (exact) mass is 287 g/mol. The molecule has 11 heavy (non-hydrogen) atoms. The van der Waals surface area contributed by atoms with E-state index >= 15 is 0 Å². The smallest absolute Gasteiger partial charge is 0.323 e. The highest BCUT2D eigenvalue weighted by molar-refractivity contribution is 14.1. The van der Waals surface area contributed by atoms with Gasteiger partial charge in [0.15, 0.2) is 0 Å². The van der Waals surface area contributed by atoms with Crippen LogP contribution in [0.4, 0.5) is 0 Å². The van der Waals surface area contributed by atoms with Crippen molar-refractivity contribution in [1.82, 2.24) is 0 Å². The summed E-state index contributed by atoms with van der Waals surface area (Å²) in [4.78, 5) is 13.3. The van der Waals surface area contributed by atoms with Gasteiger partial charge in [-0.05, 0) is 0 Å². The molecule has 64 valence electrons. The number of rotatable bonds is 5. The molecule has 0 saturated heterocycles. The quantitative estimate of drug-likeness (QED) is 0.186. The SMILES string of the molecule is CO[SiH](CC(I)N=C=O)OC. The molecule has 0 bridgehead atoms. The summed E-state index contributed by atoms with van der Waals surface area (Å²) in [6.45, 7) is 0. The molecule has 0 radical (unpaired) electrons. The summed E-state index contributed by atoms with van der Waals surface area (Å²) in [5, 5.41) is 0. The fraction of sp³-hybridized carbons (Fsp3) is 0.800. The molecule has 4 nitrogen and oxygen atoms in total. The third-order valence-electron chi connectivity index (χ3n) is 1.11. The molecule has 0 saturated carbocycles. The molecule has 0 aromatic carbocycles. The lowest BCUT2D eigenvalue weighted by molar-refractivity contribution is 0.278. The van der Waals surface area contributed by atoms with Crippen molar-refractivity contribution in [2.24, 2.45) is 4.99 Å². The minimum absolute atomic E-state index is 0.0679. The lowest BCUT2D eigenvalue weighted by atomic mass is 10.8. The molecule has 0 rings (SSSR count). The van der Waals surface area contributed by atoms with Gasteiger partial charge in [0.2, 0.25) is 6.08 Å². The third-order valence-corrected chi connectivity index (χ3v) is 4.74. The zero-order chi connectivity index (χ0) is 8.69. The number of isocyanates is 1. The summed E-state index contributed by atoms with van der Waals surface area (Å²) in [6, 6.07) is 0.697. The van der Waals surface area contributed by atoms with Gasteiger partial charge in [-0.1, -0.05) is 22.6 Å². The molecule has 0 N–H and O–H groups in total. The second-order valence-corrected chi connectivity index (χ2v) is 5.50. The van der Waals surface area contributed by atoms with Crippen LogP contribution in [0.5, 0.6) is 0 Å². The molecule has 0 aliphatic heterocycles. The molecule has 0 aliphatic rings. The standard InChI is InChI=1S/C5H10INO3Si/c1-9-11(10-2)3-5(6)7-4-8/h5,11H,3H2,1-2H3. The maximum absolute atomic E-state index is 9.81. The molecule has 0 aromatic rings. The number of aliphatic imine (C=N–C) groups is 1. The van der Waals surface area contributed by atoms with Crippen molar-refractivity contribution in [3.63, 3.8) is 0 Å². The average molecular weight is 287 g/mol. The lowest BCUT2D eigenvalue weighted by Crippen LogP contribution is -2.21. The molecule has 0 fully saturated rings. The highest BCUT2D eigenvalue weighted by atomic mass is 127. The maximum Gasteiger partial charge on any atom is 0.323 e. The highest BCUT2D eigenvalue weighted by Crippen LogP contribution is 2.10. The molecule has 0 heterocycles. The summed E-state index contributed by atoms with van der Waals surface area (Å²) < 4.78 is 10.0. The van der Waals surface area contributed by atoms with Gasteiger partial charge in [0, 0.05) is 20.3 Å². The Morgan fingerprint density at radius 3 is 2.55 bits per heavy atom. The van der Waals surface area contributed by atoms with Crippen molar-refractivity contribution in [2.75, 3.05) is 14.2 Å². The third kappa shape index (κ3) is 5.51. The summed E-state index contributed by atoms with van der Waals surface area (Å²) in [6.07, 6.45) is 1.50. The summed E-state index contributed by atoms with van der Waals surface area (Å²) in [7, 11) is 1.65. The molecule has 0 amide bonds. The molecular weight excluding hydrogens is 277 g/mol. The molecule has 1 atom stereocenters. The van der Waals surface area contributed by atoms with Crippen molar-refractivity contribution in [1.29, 1.82) is 0 Å². The van der Waals surface area contributed by atoms with Crippen molar-refractivity contribution >= 4 is 38.0 Å². The second-order valence-electron chi connectivity index (χ2n) is 1.79. The van der Waals surface area contributed by atoms with E-state index in [1.165, 1.54) is 6.08 Å². The zero-order valence-electron chi connectivity index (χ0n) is 6.41. The Kier molecular flexibility index (Phi) is 7.08. The number of hydrogen-bond donors (Lipinski definition) is 0. The van der Waals surface area contributed by atoms with Crippen molar-refractivity contribution in [3.05, 3.63) is 0 Å². The van der Waals surface area contributed by atoms with E-state index in [4.69, 9.17) is 8.85 Å². The van der Waals surface area contributed by atoms with Crippen LogP contribution in [0, 0.1) is 0 Å². The van der Waals surface area contributed by atoms with E-state index in [9.17, 15) is 4.79 Å². The molecule has 0 aromatic heterocycles. The van der Waals surface area contributed by atoms with Crippen LogP contribution >= 0.6 is 22.6 Å². The fourth-order valence-corrected chi connectivity index (χ4v) is 2.92. The van der Waals surface area contributed by atoms with Crippen LogP contribution < -0.4 is 0 Å². The van der Waals surface area contributed by atoms with E-state index in [0.29, 0.717) is 6.04 Å². The number of hydrogen-bond acceptors (Lipinski definition) is 4. The molecule has 0 aliphatic carbocycles. The Morgan fingerprint density at radius 1 is 1.64 bits per heavy atom. The van der Waals surface area contributed by atoms with Crippen LogP contribution in [0.25, 0.3) is 0 Å². The van der Waals surface area contributed by atoms with E-state index < -0.39 is 9.28 Å². The highest BCUT2D eigenvalue weighted by Gasteiger charge is 2.14. The Balaban J connectivity index is 3.70. The maximum atomic E-state index is 9.81. The van der Waals surface area contributed by atoms with E-state index in [2.05, 4.69) is 4.99 Å². The molecule has 1 unspecified atom stereocenters. The predicted octanol–water partition coefficient (Wildman–Crippen LogP) is 0.597. The first kappa shape index (κ1) is 11.2. The lowest BCUT2D eigenvalue weighted by Gasteiger charge is -2.10. The van der Waals surface area contributed by atoms with Gasteiger partial charge in [-0.3, -0.25) is 0 Å². The van der Waals surface area contributed by atoms with Gasteiger partial charge in [0.25, 0.3) is 0 Å². The Bertz CT molecular complexity index is 147. The van der Waals surface area contributed by atoms with Crippen LogP contribution in [0.15, 0.2) is 4.99 Å². The van der Waals surface area contributed by atoms with Gasteiger partial charge < -0.3 is 8.85 Å². The van der Waals surface area contributed by atoms with E-state index in [1.54, 1.807) is 14.2 Å². The van der Waals surface area contributed by atoms with E-state index in [1.807, 2.05) is 22.6 Å². The first-order chi connectivity index (χ1) is 5.24. The number of halogens is 1. The van der Waals surface area contributed by atoms with Gasteiger partial charge in [-0.25, -0.2) is 4.79 Å². The van der Waals surface area contributed by atoms with Crippen molar-refractivity contribution < 1.29 is 13.6 Å². The van der Waals surface area contributed by atoms with Gasteiger partial charge >= 0.3 is 9.28 Å². The van der Waals surface area contributed by atoms with Crippen LogP contribution in [0.3, 0.4) is 0 Å². The summed E-state index contributed by atoms with van der Waals surface area (Å²) in [5.74, 6) is 0. The van der Waals surface area contributed by atoms with Crippen molar-refractivity contribution in [3.8, 4) is 0 Å². The van der Waals surface area contributed by atoms with Gasteiger partial charge in [0.05, 0.1) is 0 Å². The fourth-order valence-electron chi connectivity index (χ4n) is 0.557. The van der Waals surface area contributed by atoms with Crippen molar-refractivity contribution in [2.45, 2.75) is 10.1 Å². The molecule has 6 heteroatoms. The van der Waals surface area contributed by atoms with Gasteiger partial charge in [-0.15, -0.1) is 0 Å². The minimum Gasteiger partial charge on any atom is -0.400 e. The van der Waals surface area contributed by atoms with Crippen LogP contribution in [0.2, 0.25) is 6.04 Å². The summed E-state index contributed by atoms with van der Waals surface area (Å²) >= 11 is 2.05. The molecule has 0 spiro atoms. The van der Waals surface area contributed by atoms with Crippen LogP contribution in [-0.2, 0) is 13.6 Å². The number of alkyl halides is 1. The minimum atomic E-state index is -1.56. The van der Waals surface area contributed by atoms with E-state index in [0.717, 1.165) is 0 Å². The second kappa shape index (κ2) is 6.93. The predicted molar refractivity (Wildman–Crippen MR) is 51.9 cm³/mol. The van der Waals surface area contributed by atoms with Gasteiger partial charge in [-0.2, -0.15) is 4.99 Å². The number of carbonyl (C=O) groups excluding carboxylic acids is 1. The Hall–Kier alpha value is 0.247. The summed E-state index contributed by atoms with van der Waals surface area (Å²) in [5.41, 5.74) is 0.